The van der Waals surface area contributed by atoms with Gasteiger partial charge in [0.1, 0.15) is 0 Å². The molecule has 1 aliphatic heterocycles. The molecule has 0 aliphatic carbocycles. The highest BCUT2D eigenvalue weighted by Gasteiger charge is 2.11. The predicted molar refractivity (Wildman–Crippen MR) is 96.3 cm³/mol. The largest absolute Gasteiger partial charge is 0.493 e. The third-order valence-electron chi connectivity index (χ3n) is 4.01. The molecule has 5 nitrogen and oxygen atoms in total. The van der Waals surface area contributed by atoms with Crippen LogP contribution in [0.2, 0.25) is 0 Å². The van der Waals surface area contributed by atoms with E-state index >= 15 is 0 Å². The lowest BCUT2D eigenvalue weighted by Gasteiger charge is -2.28. The Morgan fingerprint density at radius 3 is 2.42 bits per heavy atom. The number of rotatable bonds is 5. The van der Waals surface area contributed by atoms with E-state index in [1.807, 2.05) is 30.3 Å². The molecule has 1 saturated heterocycles. The minimum absolute atomic E-state index is 0.689. The minimum atomic E-state index is 0.689. The molecule has 0 unspecified atom stereocenters. The third kappa shape index (κ3) is 3.68. The van der Waals surface area contributed by atoms with Gasteiger partial charge in [0, 0.05) is 30.6 Å². The normalized spacial score (nSPS) is 14.8. The maximum Gasteiger partial charge on any atom is 0.169 e. The Hall–Kier alpha value is -2.53. The van der Waals surface area contributed by atoms with Crippen LogP contribution in [0.15, 0.2) is 47.5 Å². The average Bonchev–Trinajstić information content (AvgIpc) is 2.67. The van der Waals surface area contributed by atoms with Gasteiger partial charge >= 0.3 is 0 Å². The van der Waals surface area contributed by atoms with Crippen molar-refractivity contribution in [3.8, 4) is 11.5 Å². The van der Waals surface area contributed by atoms with Gasteiger partial charge < -0.3 is 19.1 Å². The lowest BCUT2D eigenvalue weighted by atomic mass is 10.2. The SMILES string of the molecule is COc1cccc(C=Nc2ccc(N3CCOCC3)cc2)c1OC. The molecule has 0 atom stereocenters. The number of nitrogens with zero attached hydrogens (tertiary/aromatic N) is 2. The second-order valence-corrected chi connectivity index (χ2v) is 5.46. The van der Waals surface area contributed by atoms with Crippen molar-refractivity contribution in [2.24, 2.45) is 4.99 Å². The van der Waals surface area contributed by atoms with E-state index < -0.39 is 0 Å². The van der Waals surface area contributed by atoms with E-state index in [0.717, 1.165) is 37.6 Å². The summed E-state index contributed by atoms with van der Waals surface area (Å²) < 4.78 is 16.1. The van der Waals surface area contributed by atoms with Gasteiger partial charge in [-0.25, -0.2) is 0 Å². The Labute approximate surface area is 142 Å². The number of para-hydroxylation sites is 1. The zero-order valence-electron chi connectivity index (χ0n) is 14.1. The molecule has 1 fully saturated rings. The molecule has 0 spiro atoms. The van der Waals surface area contributed by atoms with E-state index in [1.54, 1.807) is 20.4 Å². The number of hydrogen-bond acceptors (Lipinski definition) is 5. The number of benzene rings is 2. The van der Waals surface area contributed by atoms with E-state index in [4.69, 9.17) is 14.2 Å². The highest BCUT2D eigenvalue weighted by Crippen LogP contribution is 2.30. The van der Waals surface area contributed by atoms with Gasteiger partial charge in [-0.15, -0.1) is 0 Å². The molecule has 0 saturated carbocycles. The predicted octanol–water partition coefficient (Wildman–Crippen LogP) is 3.29. The Morgan fingerprint density at radius 2 is 1.75 bits per heavy atom. The molecule has 0 amide bonds. The number of anilines is 1. The van der Waals surface area contributed by atoms with Gasteiger partial charge in [0.15, 0.2) is 11.5 Å². The summed E-state index contributed by atoms with van der Waals surface area (Å²) >= 11 is 0. The lowest BCUT2D eigenvalue weighted by molar-refractivity contribution is 0.122. The molecule has 0 bridgehead atoms. The molecule has 1 aliphatic rings. The first-order valence-corrected chi connectivity index (χ1v) is 7.99. The standard InChI is InChI=1S/C19H22N2O3/c1-22-18-5-3-4-15(19(18)23-2)14-20-16-6-8-17(9-7-16)21-10-12-24-13-11-21/h3-9,14H,10-13H2,1-2H3. The number of methoxy groups -OCH3 is 2. The molecule has 2 aromatic rings. The van der Waals surface area contributed by atoms with Gasteiger partial charge in [-0.1, -0.05) is 6.07 Å². The van der Waals surface area contributed by atoms with Crippen LogP contribution in [0.3, 0.4) is 0 Å². The summed E-state index contributed by atoms with van der Waals surface area (Å²) in [5.74, 6) is 1.39. The Kier molecular flexibility index (Phi) is 5.33. The molecule has 2 aromatic carbocycles. The van der Waals surface area contributed by atoms with E-state index in [9.17, 15) is 0 Å². The molecule has 24 heavy (non-hydrogen) atoms. The monoisotopic (exact) mass is 326 g/mol. The summed E-state index contributed by atoms with van der Waals surface area (Å²) in [6.07, 6.45) is 1.80. The zero-order valence-corrected chi connectivity index (χ0v) is 14.1. The fraction of sp³-hybridized carbons (Fsp3) is 0.316. The van der Waals surface area contributed by atoms with Crippen molar-refractivity contribution < 1.29 is 14.2 Å². The van der Waals surface area contributed by atoms with E-state index in [0.29, 0.717) is 11.5 Å². The minimum Gasteiger partial charge on any atom is -0.493 e. The Bertz CT molecular complexity index is 692. The molecular weight excluding hydrogens is 304 g/mol. The Morgan fingerprint density at radius 1 is 1.00 bits per heavy atom. The second kappa shape index (κ2) is 7.84. The highest BCUT2D eigenvalue weighted by molar-refractivity contribution is 5.87. The van der Waals surface area contributed by atoms with Crippen LogP contribution < -0.4 is 14.4 Å². The Balaban J connectivity index is 1.75. The first kappa shape index (κ1) is 16.3. The molecule has 5 heteroatoms. The fourth-order valence-electron chi connectivity index (χ4n) is 2.73. The first-order valence-electron chi connectivity index (χ1n) is 7.99. The maximum atomic E-state index is 5.42. The molecule has 0 radical (unpaired) electrons. The van der Waals surface area contributed by atoms with Crippen LogP contribution in [0.4, 0.5) is 11.4 Å². The van der Waals surface area contributed by atoms with E-state index in [-0.39, 0.29) is 0 Å². The number of morpholine rings is 1. The van der Waals surface area contributed by atoms with Crippen molar-refractivity contribution in [3.63, 3.8) is 0 Å². The van der Waals surface area contributed by atoms with Crippen molar-refractivity contribution in [2.75, 3.05) is 45.4 Å². The highest BCUT2D eigenvalue weighted by atomic mass is 16.5. The quantitative estimate of drug-likeness (QED) is 0.791. The van der Waals surface area contributed by atoms with Crippen LogP contribution in [0.1, 0.15) is 5.56 Å². The van der Waals surface area contributed by atoms with Crippen LogP contribution >= 0.6 is 0 Å². The van der Waals surface area contributed by atoms with Crippen molar-refractivity contribution in [1.29, 1.82) is 0 Å². The van der Waals surface area contributed by atoms with E-state index in [1.165, 1.54) is 5.69 Å². The molecular formula is C19H22N2O3. The van der Waals surface area contributed by atoms with Crippen molar-refractivity contribution >= 4 is 17.6 Å². The van der Waals surface area contributed by atoms with Crippen LogP contribution in [0.25, 0.3) is 0 Å². The first-order chi connectivity index (χ1) is 11.8. The van der Waals surface area contributed by atoms with Crippen molar-refractivity contribution in [3.05, 3.63) is 48.0 Å². The maximum absolute atomic E-state index is 5.42. The van der Waals surface area contributed by atoms with Crippen LogP contribution in [-0.4, -0.2) is 46.7 Å². The van der Waals surface area contributed by atoms with E-state index in [2.05, 4.69) is 22.0 Å². The average molecular weight is 326 g/mol. The zero-order chi connectivity index (χ0) is 16.8. The van der Waals surface area contributed by atoms with Crippen LogP contribution in [0.5, 0.6) is 11.5 Å². The molecule has 3 rings (SSSR count). The van der Waals surface area contributed by atoms with Gasteiger partial charge in [0.25, 0.3) is 0 Å². The summed E-state index contributed by atoms with van der Waals surface area (Å²) in [5.41, 5.74) is 2.99. The number of ether oxygens (including phenoxy) is 3. The van der Waals surface area contributed by atoms with Gasteiger partial charge in [-0.3, -0.25) is 4.99 Å². The van der Waals surface area contributed by atoms with Gasteiger partial charge in [0.2, 0.25) is 0 Å². The summed E-state index contributed by atoms with van der Waals surface area (Å²) in [7, 11) is 3.26. The summed E-state index contributed by atoms with van der Waals surface area (Å²) in [6, 6.07) is 14.0. The third-order valence-corrected chi connectivity index (χ3v) is 4.01. The fourth-order valence-corrected chi connectivity index (χ4v) is 2.73. The van der Waals surface area contributed by atoms with Gasteiger partial charge in [-0.2, -0.15) is 0 Å². The van der Waals surface area contributed by atoms with Crippen molar-refractivity contribution in [2.45, 2.75) is 0 Å². The molecule has 1 heterocycles. The second-order valence-electron chi connectivity index (χ2n) is 5.46. The molecule has 0 N–H and O–H groups in total. The molecule has 0 aromatic heterocycles. The molecule has 126 valence electrons. The van der Waals surface area contributed by atoms with Crippen LogP contribution in [-0.2, 0) is 4.74 Å². The number of hydrogen-bond donors (Lipinski definition) is 0. The topological polar surface area (TPSA) is 43.3 Å². The van der Waals surface area contributed by atoms with Crippen LogP contribution in [0, 0.1) is 0 Å². The number of aliphatic imine (C=N–C) groups is 1. The van der Waals surface area contributed by atoms with Gasteiger partial charge in [-0.05, 0) is 36.4 Å². The van der Waals surface area contributed by atoms with Crippen molar-refractivity contribution in [1.82, 2.24) is 0 Å². The lowest BCUT2D eigenvalue weighted by Crippen LogP contribution is -2.36. The summed E-state index contributed by atoms with van der Waals surface area (Å²) in [4.78, 5) is 6.86. The summed E-state index contributed by atoms with van der Waals surface area (Å²) in [5, 5.41) is 0. The smallest absolute Gasteiger partial charge is 0.169 e. The summed E-state index contributed by atoms with van der Waals surface area (Å²) in [6.45, 7) is 3.44. The van der Waals surface area contributed by atoms with Gasteiger partial charge in [0.05, 0.1) is 33.1 Å².